The van der Waals surface area contributed by atoms with Crippen molar-refractivity contribution in [2.45, 2.75) is 25.3 Å². The van der Waals surface area contributed by atoms with Gasteiger partial charge in [-0.15, -0.1) is 0 Å². The largest absolute Gasteiger partial charge is 0.480 e. The van der Waals surface area contributed by atoms with Crippen molar-refractivity contribution in [1.82, 2.24) is 10.2 Å². The molecule has 6 nitrogen and oxygen atoms in total. The first kappa shape index (κ1) is 13.9. The monoisotopic (exact) mass is 244 g/mol. The summed E-state index contributed by atoms with van der Waals surface area (Å²) in [6, 6.07) is -0.517. The van der Waals surface area contributed by atoms with E-state index in [1.807, 2.05) is 0 Å². The molecule has 1 unspecified atom stereocenters. The van der Waals surface area contributed by atoms with Crippen LogP contribution in [0.4, 0.5) is 0 Å². The first-order valence-electron chi connectivity index (χ1n) is 5.87. The van der Waals surface area contributed by atoms with Crippen LogP contribution in [0.3, 0.4) is 0 Å². The summed E-state index contributed by atoms with van der Waals surface area (Å²) in [7, 11) is 1.57. The molecule has 1 heterocycles. The summed E-state index contributed by atoms with van der Waals surface area (Å²) in [5.74, 6) is -0.982. The fourth-order valence-corrected chi connectivity index (χ4v) is 1.99. The molecule has 98 valence electrons. The second-order valence-corrected chi connectivity index (χ2v) is 4.16. The molecule has 0 aromatic rings. The van der Waals surface area contributed by atoms with Crippen molar-refractivity contribution in [3.8, 4) is 0 Å². The summed E-state index contributed by atoms with van der Waals surface area (Å²) in [6.45, 7) is 1.75. The maximum Gasteiger partial charge on any atom is 0.320 e. The van der Waals surface area contributed by atoms with Crippen molar-refractivity contribution in [1.29, 1.82) is 0 Å². The van der Waals surface area contributed by atoms with E-state index in [2.05, 4.69) is 5.32 Å². The van der Waals surface area contributed by atoms with Gasteiger partial charge in [-0.3, -0.25) is 14.5 Å². The lowest BCUT2D eigenvalue weighted by Crippen LogP contribution is -2.49. The number of carbonyl (C=O) groups excluding carboxylic acids is 1. The molecule has 0 aliphatic carbocycles. The molecule has 1 fully saturated rings. The molecule has 1 amide bonds. The maximum absolute atomic E-state index is 11.6. The Hall–Kier alpha value is -1.14. The molecular weight excluding hydrogens is 224 g/mol. The zero-order valence-electron chi connectivity index (χ0n) is 10.1. The van der Waals surface area contributed by atoms with Crippen LogP contribution in [0.1, 0.15) is 19.3 Å². The molecule has 2 N–H and O–H groups in total. The number of nitrogens with one attached hydrogen (secondary N) is 1. The molecule has 1 atom stereocenters. The summed E-state index contributed by atoms with van der Waals surface area (Å²) in [5.41, 5.74) is 0. The number of carboxylic acid groups (broad SMARTS) is 1. The topological polar surface area (TPSA) is 78.9 Å². The van der Waals surface area contributed by atoms with E-state index in [4.69, 9.17) is 9.84 Å². The number of methoxy groups -OCH3 is 1. The molecule has 1 aliphatic rings. The highest BCUT2D eigenvalue weighted by molar-refractivity contribution is 5.80. The quantitative estimate of drug-likeness (QED) is 0.626. The molecule has 17 heavy (non-hydrogen) atoms. The smallest absolute Gasteiger partial charge is 0.320 e. The number of carbonyl (C=O) groups is 2. The third-order valence-corrected chi connectivity index (χ3v) is 2.87. The second kappa shape index (κ2) is 7.24. The predicted octanol–water partition coefficient (Wildman–Crippen LogP) is -0.312. The lowest BCUT2D eigenvalue weighted by Gasteiger charge is -2.32. The lowest BCUT2D eigenvalue weighted by molar-refractivity contribution is -0.145. The van der Waals surface area contributed by atoms with Crippen LogP contribution in [-0.4, -0.2) is 61.3 Å². The van der Waals surface area contributed by atoms with E-state index in [1.54, 1.807) is 12.0 Å². The number of ether oxygens (including phenoxy) is 1. The van der Waals surface area contributed by atoms with Crippen LogP contribution in [0, 0.1) is 0 Å². The van der Waals surface area contributed by atoms with Crippen LogP contribution >= 0.6 is 0 Å². The van der Waals surface area contributed by atoms with Gasteiger partial charge in [0.15, 0.2) is 0 Å². The van der Waals surface area contributed by atoms with Gasteiger partial charge in [-0.2, -0.15) is 0 Å². The summed E-state index contributed by atoms with van der Waals surface area (Å²) in [6.07, 6.45) is 2.49. The zero-order chi connectivity index (χ0) is 12.7. The van der Waals surface area contributed by atoms with E-state index in [1.165, 1.54) is 0 Å². The zero-order valence-corrected chi connectivity index (χ0v) is 10.1. The number of hydrogen-bond acceptors (Lipinski definition) is 4. The number of amides is 1. The molecular formula is C11H20N2O4. The average Bonchev–Trinajstić information content (AvgIpc) is 2.29. The number of carboxylic acids is 1. The summed E-state index contributed by atoms with van der Waals surface area (Å²) in [5, 5.41) is 11.7. The first-order valence-corrected chi connectivity index (χ1v) is 5.87. The number of nitrogens with zero attached hydrogens (tertiary/aromatic N) is 1. The van der Waals surface area contributed by atoms with E-state index in [0.717, 1.165) is 12.8 Å². The summed E-state index contributed by atoms with van der Waals surface area (Å²) < 4.78 is 4.82. The Morgan fingerprint density at radius 2 is 2.24 bits per heavy atom. The second-order valence-electron chi connectivity index (χ2n) is 4.16. The van der Waals surface area contributed by atoms with Gasteiger partial charge in [0.2, 0.25) is 5.91 Å². The minimum absolute atomic E-state index is 0.143. The van der Waals surface area contributed by atoms with Crippen LogP contribution < -0.4 is 5.32 Å². The molecule has 1 rings (SSSR count). The Morgan fingerprint density at radius 3 is 2.88 bits per heavy atom. The van der Waals surface area contributed by atoms with Crippen LogP contribution in [0.5, 0.6) is 0 Å². The Balaban J connectivity index is 2.36. The third kappa shape index (κ3) is 4.70. The lowest BCUT2D eigenvalue weighted by atomic mass is 10.0. The summed E-state index contributed by atoms with van der Waals surface area (Å²) >= 11 is 0. The van der Waals surface area contributed by atoms with Gasteiger partial charge in [-0.05, 0) is 19.4 Å². The molecule has 6 heteroatoms. The van der Waals surface area contributed by atoms with Gasteiger partial charge < -0.3 is 15.2 Å². The Morgan fingerprint density at radius 1 is 1.47 bits per heavy atom. The summed E-state index contributed by atoms with van der Waals surface area (Å²) in [4.78, 5) is 24.3. The van der Waals surface area contributed by atoms with Gasteiger partial charge in [0.05, 0.1) is 13.2 Å². The normalized spacial score (nSPS) is 21.1. The van der Waals surface area contributed by atoms with Crippen molar-refractivity contribution in [3.63, 3.8) is 0 Å². The third-order valence-electron chi connectivity index (χ3n) is 2.87. The number of piperidine rings is 1. The van der Waals surface area contributed by atoms with Crippen molar-refractivity contribution in [2.24, 2.45) is 0 Å². The molecule has 0 radical (unpaired) electrons. The minimum atomic E-state index is -0.839. The van der Waals surface area contributed by atoms with Crippen LogP contribution in [0.15, 0.2) is 0 Å². The Bertz CT molecular complexity index is 270. The minimum Gasteiger partial charge on any atom is -0.480 e. The Kier molecular flexibility index (Phi) is 5.93. The van der Waals surface area contributed by atoms with Gasteiger partial charge in [0, 0.05) is 13.7 Å². The van der Waals surface area contributed by atoms with Crippen molar-refractivity contribution in [2.75, 3.05) is 33.4 Å². The highest BCUT2D eigenvalue weighted by atomic mass is 16.5. The van der Waals surface area contributed by atoms with Gasteiger partial charge in [-0.1, -0.05) is 6.42 Å². The molecule has 0 aromatic heterocycles. The van der Waals surface area contributed by atoms with E-state index in [-0.39, 0.29) is 12.5 Å². The predicted molar refractivity (Wildman–Crippen MR) is 61.7 cm³/mol. The molecule has 0 saturated carbocycles. The highest BCUT2D eigenvalue weighted by Crippen LogP contribution is 2.16. The van der Waals surface area contributed by atoms with Crippen LogP contribution in [-0.2, 0) is 14.3 Å². The van der Waals surface area contributed by atoms with E-state index in [9.17, 15) is 9.59 Å². The van der Waals surface area contributed by atoms with Crippen LogP contribution in [0.2, 0.25) is 0 Å². The number of rotatable bonds is 6. The average molecular weight is 244 g/mol. The Labute approximate surface area is 101 Å². The first-order chi connectivity index (χ1) is 8.15. The SMILES string of the molecule is COCCNC(=O)CN1CCCCC1C(=O)O. The number of hydrogen-bond donors (Lipinski definition) is 2. The maximum atomic E-state index is 11.6. The van der Waals surface area contributed by atoms with E-state index in [0.29, 0.717) is 26.1 Å². The van der Waals surface area contributed by atoms with Crippen molar-refractivity contribution < 1.29 is 19.4 Å². The fraction of sp³-hybridized carbons (Fsp3) is 0.818. The van der Waals surface area contributed by atoms with Gasteiger partial charge in [-0.25, -0.2) is 0 Å². The van der Waals surface area contributed by atoms with Crippen LogP contribution in [0.25, 0.3) is 0 Å². The molecule has 0 aromatic carbocycles. The standard InChI is InChI=1S/C11H20N2O4/c1-17-7-5-12-10(14)8-13-6-3-2-4-9(13)11(15)16/h9H,2-8H2,1H3,(H,12,14)(H,15,16). The van der Waals surface area contributed by atoms with E-state index >= 15 is 0 Å². The molecule has 0 spiro atoms. The van der Waals surface area contributed by atoms with E-state index < -0.39 is 12.0 Å². The molecule has 1 aliphatic heterocycles. The van der Waals surface area contributed by atoms with Gasteiger partial charge in [0.1, 0.15) is 6.04 Å². The van der Waals surface area contributed by atoms with Gasteiger partial charge in [0.25, 0.3) is 0 Å². The number of aliphatic carboxylic acids is 1. The van der Waals surface area contributed by atoms with Crippen molar-refractivity contribution in [3.05, 3.63) is 0 Å². The fourth-order valence-electron chi connectivity index (χ4n) is 1.99. The van der Waals surface area contributed by atoms with Crippen molar-refractivity contribution >= 4 is 11.9 Å². The number of likely N-dealkylation sites (tertiary alicyclic amines) is 1. The molecule has 0 bridgehead atoms. The van der Waals surface area contributed by atoms with Gasteiger partial charge >= 0.3 is 5.97 Å². The highest BCUT2D eigenvalue weighted by Gasteiger charge is 2.29. The molecule has 1 saturated heterocycles.